The maximum Gasteiger partial charge on any atom is 0.340 e. The summed E-state index contributed by atoms with van der Waals surface area (Å²) in [5, 5.41) is 0. The molecule has 0 bridgehead atoms. The van der Waals surface area contributed by atoms with Gasteiger partial charge in [-0.3, -0.25) is 0 Å². The van der Waals surface area contributed by atoms with E-state index in [1.807, 2.05) is 13.8 Å². The van der Waals surface area contributed by atoms with Crippen molar-refractivity contribution in [2.45, 2.75) is 39.3 Å². The summed E-state index contributed by atoms with van der Waals surface area (Å²) >= 11 is 0. The van der Waals surface area contributed by atoms with E-state index in [4.69, 9.17) is 29.4 Å². The van der Waals surface area contributed by atoms with Crippen LogP contribution in [-0.2, 0) is 14.2 Å². The van der Waals surface area contributed by atoms with Gasteiger partial charge in [0, 0.05) is 39.2 Å². The second-order valence-corrected chi connectivity index (χ2v) is 5.34. The molecule has 7 nitrogen and oxygen atoms in total. The molecule has 1 aromatic rings. The van der Waals surface area contributed by atoms with Crippen molar-refractivity contribution >= 4 is 11.7 Å². The Bertz CT molecular complexity index is 604. The Kier molecular flexibility index (Phi) is 4.72. The number of ether oxygens (including phenoxy) is 5. The lowest BCUT2D eigenvalue weighted by atomic mass is 10.1. The Balaban J connectivity index is 2.50. The quantitative estimate of drug-likeness (QED) is 0.656. The van der Waals surface area contributed by atoms with Crippen LogP contribution in [0.4, 0.5) is 5.69 Å². The SMILES string of the molecule is CCOC1(C)Oc2cc(C(=O)OC)c(N)cc2O[C@@]1(C)OCC. The first kappa shape index (κ1) is 17.4. The summed E-state index contributed by atoms with van der Waals surface area (Å²) < 4.78 is 28.1. The normalized spacial score (nSPS) is 26.0. The molecule has 128 valence electrons. The van der Waals surface area contributed by atoms with Gasteiger partial charge in [0.1, 0.15) is 0 Å². The molecule has 1 aliphatic rings. The lowest BCUT2D eigenvalue weighted by molar-refractivity contribution is -0.357. The second-order valence-electron chi connectivity index (χ2n) is 5.34. The molecule has 2 rings (SSSR count). The summed E-state index contributed by atoms with van der Waals surface area (Å²) in [5.41, 5.74) is 6.34. The zero-order valence-electron chi connectivity index (χ0n) is 14.1. The zero-order valence-corrected chi connectivity index (χ0v) is 14.1. The highest BCUT2D eigenvalue weighted by Gasteiger charge is 2.55. The standard InChI is InChI=1S/C16H23NO6/c1-6-20-15(3)16(4,21-7-2)23-13-9-11(17)10(14(18)19-5)8-12(13)22-15/h8-9H,6-7,17H2,1-5H3/t15?,16-/m1/s1. The minimum atomic E-state index is -1.19. The van der Waals surface area contributed by atoms with Crippen molar-refractivity contribution in [1.82, 2.24) is 0 Å². The van der Waals surface area contributed by atoms with Gasteiger partial charge in [-0.2, -0.15) is 0 Å². The first-order valence-corrected chi connectivity index (χ1v) is 7.48. The number of hydrogen-bond donors (Lipinski definition) is 1. The summed E-state index contributed by atoms with van der Waals surface area (Å²) in [6.07, 6.45) is 0. The number of rotatable bonds is 5. The predicted molar refractivity (Wildman–Crippen MR) is 83.5 cm³/mol. The van der Waals surface area contributed by atoms with Crippen LogP contribution >= 0.6 is 0 Å². The van der Waals surface area contributed by atoms with Crippen molar-refractivity contribution in [1.29, 1.82) is 0 Å². The lowest BCUT2D eigenvalue weighted by Gasteiger charge is -2.47. The van der Waals surface area contributed by atoms with E-state index in [9.17, 15) is 4.79 Å². The van der Waals surface area contributed by atoms with Gasteiger partial charge in [0.15, 0.2) is 11.5 Å². The first-order chi connectivity index (χ1) is 10.8. The van der Waals surface area contributed by atoms with Crippen molar-refractivity contribution in [3.63, 3.8) is 0 Å². The Morgan fingerprint density at radius 2 is 1.57 bits per heavy atom. The fourth-order valence-electron chi connectivity index (χ4n) is 2.50. The third kappa shape index (κ3) is 2.94. The molecular formula is C16H23NO6. The molecule has 2 atom stereocenters. The van der Waals surface area contributed by atoms with E-state index >= 15 is 0 Å². The minimum Gasteiger partial charge on any atom is -0.465 e. The van der Waals surface area contributed by atoms with Gasteiger partial charge in [-0.15, -0.1) is 0 Å². The third-order valence-electron chi connectivity index (χ3n) is 3.80. The number of carbonyl (C=O) groups excluding carboxylic acids is 1. The maximum absolute atomic E-state index is 11.8. The van der Waals surface area contributed by atoms with Gasteiger partial charge < -0.3 is 29.4 Å². The fourth-order valence-corrected chi connectivity index (χ4v) is 2.50. The van der Waals surface area contributed by atoms with Crippen molar-refractivity contribution < 1.29 is 28.5 Å². The van der Waals surface area contributed by atoms with Crippen molar-refractivity contribution in [3.05, 3.63) is 17.7 Å². The van der Waals surface area contributed by atoms with Crippen LogP contribution in [0.25, 0.3) is 0 Å². The molecule has 1 aliphatic heterocycles. The van der Waals surface area contributed by atoms with Crippen molar-refractivity contribution in [2.75, 3.05) is 26.1 Å². The van der Waals surface area contributed by atoms with Crippen LogP contribution in [0.5, 0.6) is 11.5 Å². The molecule has 0 aromatic heterocycles. The number of methoxy groups -OCH3 is 1. The highest BCUT2D eigenvalue weighted by Crippen LogP contribution is 2.46. The van der Waals surface area contributed by atoms with Gasteiger partial charge in [0.25, 0.3) is 11.6 Å². The topological polar surface area (TPSA) is 89.2 Å². The Labute approximate surface area is 135 Å². The first-order valence-electron chi connectivity index (χ1n) is 7.48. The smallest absolute Gasteiger partial charge is 0.340 e. The summed E-state index contributed by atoms with van der Waals surface area (Å²) in [6, 6.07) is 3.00. The van der Waals surface area contributed by atoms with Gasteiger partial charge in [-0.1, -0.05) is 0 Å². The summed E-state index contributed by atoms with van der Waals surface area (Å²) in [6.45, 7) is 7.97. The molecule has 0 saturated heterocycles. The molecule has 1 aromatic carbocycles. The summed E-state index contributed by atoms with van der Waals surface area (Å²) in [4.78, 5) is 11.8. The summed E-state index contributed by atoms with van der Waals surface area (Å²) in [7, 11) is 1.29. The van der Waals surface area contributed by atoms with E-state index in [0.717, 1.165) is 0 Å². The van der Waals surface area contributed by atoms with Gasteiger partial charge in [0.2, 0.25) is 0 Å². The van der Waals surface area contributed by atoms with Gasteiger partial charge in [0.05, 0.1) is 18.4 Å². The van der Waals surface area contributed by atoms with E-state index in [-0.39, 0.29) is 11.3 Å². The highest BCUT2D eigenvalue weighted by atomic mass is 16.8. The number of nitrogen functional groups attached to an aromatic ring is 1. The molecule has 0 saturated carbocycles. The fraction of sp³-hybridized carbons (Fsp3) is 0.562. The zero-order chi connectivity index (χ0) is 17.3. The molecule has 2 N–H and O–H groups in total. The van der Waals surface area contributed by atoms with E-state index in [0.29, 0.717) is 24.7 Å². The van der Waals surface area contributed by atoms with E-state index in [1.165, 1.54) is 19.2 Å². The largest absolute Gasteiger partial charge is 0.465 e. The van der Waals surface area contributed by atoms with Gasteiger partial charge in [-0.05, 0) is 13.8 Å². The molecule has 0 amide bonds. The molecule has 7 heteroatoms. The number of benzene rings is 1. The summed E-state index contributed by atoms with van der Waals surface area (Å²) in [5.74, 6) is -2.18. The molecule has 1 unspecified atom stereocenters. The number of fused-ring (bicyclic) bond motifs is 1. The van der Waals surface area contributed by atoms with Crippen LogP contribution in [0, 0.1) is 0 Å². The molecular weight excluding hydrogens is 302 g/mol. The van der Waals surface area contributed by atoms with Crippen LogP contribution in [-0.4, -0.2) is 37.9 Å². The van der Waals surface area contributed by atoms with E-state index in [1.54, 1.807) is 13.8 Å². The van der Waals surface area contributed by atoms with Gasteiger partial charge >= 0.3 is 5.97 Å². The highest BCUT2D eigenvalue weighted by molar-refractivity contribution is 5.96. The van der Waals surface area contributed by atoms with Crippen LogP contribution in [0.2, 0.25) is 0 Å². The average molecular weight is 325 g/mol. The predicted octanol–water partition coefficient (Wildman–Crippen LogP) is 2.33. The number of hydrogen-bond acceptors (Lipinski definition) is 7. The van der Waals surface area contributed by atoms with E-state index < -0.39 is 17.5 Å². The minimum absolute atomic E-state index is 0.203. The van der Waals surface area contributed by atoms with Crippen LogP contribution in [0.15, 0.2) is 12.1 Å². The van der Waals surface area contributed by atoms with Crippen LogP contribution in [0.1, 0.15) is 38.1 Å². The molecule has 1 heterocycles. The second kappa shape index (κ2) is 6.25. The molecule has 23 heavy (non-hydrogen) atoms. The Morgan fingerprint density at radius 3 is 2.00 bits per heavy atom. The monoisotopic (exact) mass is 325 g/mol. The van der Waals surface area contributed by atoms with Gasteiger partial charge in [-0.25, -0.2) is 4.79 Å². The van der Waals surface area contributed by atoms with Crippen molar-refractivity contribution in [3.8, 4) is 11.5 Å². The third-order valence-corrected chi connectivity index (χ3v) is 3.80. The number of esters is 1. The van der Waals surface area contributed by atoms with E-state index in [2.05, 4.69) is 0 Å². The Hall–Kier alpha value is -1.99. The Morgan fingerprint density at radius 1 is 1.09 bits per heavy atom. The molecule has 0 aliphatic carbocycles. The molecule has 0 spiro atoms. The molecule has 0 fully saturated rings. The number of anilines is 1. The van der Waals surface area contributed by atoms with Crippen molar-refractivity contribution in [2.24, 2.45) is 0 Å². The lowest BCUT2D eigenvalue weighted by Crippen LogP contribution is -2.63. The van der Waals surface area contributed by atoms with Crippen LogP contribution in [0.3, 0.4) is 0 Å². The van der Waals surface area contributed by atoms with Crippen LogP contribution < -0.4 is 15.2 Å². The number of nitrogens with two attached hydrogens (primary N) is 1. The number of carbonyl (C=O) groups is 1. The molecule has 0 radical (unpaired) electrons. The maximum atomic E-state index is 11.8. The average Bonchev–Trinajstić information content (AvgIpc) is 2.48.